The van der Waals surface area contributed by atoms with Gasteiger partial charge in [0.1, 0.15) is 17.2 Å². The average molecular weight is 595 g/mol. The van der Waals surface area contributed by atoms with E-state index in [1.165, 1.54) is 26.2 Å². The number of methoxy groups -OCH3 is 1. The summed E-state index contributed by atoms with van der Waals surface area (Å²) in [7, 11) is 1.17. The number of alkyl carbamates (subject to hydrolysis) is 1. The van der Waals surface area contributed by atoms with Crippen molar-refractivity contribution in [2.75, 3.05) is 18.7 Å². The van der Waals surface area contributed by atoms with Crippen LogP contribution in [0.25, 0.3) is 0 Å². The zero-order chi connectivity index (χ0) is 32.4. The molecule has 1 atom stereocenters. The Hall–Kier alpha value is -5.05. The Balaban J connectivity index is 2.11. The molecule has 0 bridgehead atoms. The van der Waals surface area contributed by atoms with Crippen molar-refractivity contribution in [2.24, 2.45) is 0 Å². The Morgan fingerprint density at radius 2 is 1.42 bits per heavy atom. The predicted octanol–water partition coefficient (Wildman–Crippen LogP) is 3.68. The van der Waals surface area contributed by atoms with E-state index in [2.05, 4.69) is 27.9 Å². The molecule has 0 aliphatic heterocycles. The molecule has 12 nitrogen and oxygen atoms in total. The topological polar surface area (TPSA) is 152 Å². The summed E-state index contributed by atoms with van der Waals surface area (Å²) in [5.74, 6) is 4.24. The number of carbonyl (C=O) groups is 5. The maximum atomic E-state index is 12.8. The molecule has 0 fully saturated rings. The molecule has 0 unspecified atom stereocenters. The molecule has 43 heavy (non-hydrogen) atoms. The molecule has 0 aliphatic carbocycles. The van der Waals surface area contributed by atoms with Gasteiger partial charge >= 0.3 is 18.2 Å². The molecule has 12 heteroatoms. The van der Waals surface area contributed by atoms with E-state index in [1.807, 2.05) is 0 Å². The minimum Gasteiger partial charge on any atom is -0.467 e. The lowest BCUT2D eigenvalue weighted by atomic mass is 10.1. The van der Waals surface area contributed by atoms with Gasteiger partial charge in [-0.2, -0.15) is 0 Å². The molecule has 0 heterocycles. The van der Waals surface area contributed by atoms with Gasteiger partial charge in [0, 0.05) is 23.6 Å². The van der Waals surface area contributed by atoms with Crippen molar-refractivity contribution < 1.29 is 38.2 Å². The summed E-state index contributed by atoms with van der Waals surface area (Å²) in [6.07, 6.45) is -1.52. The third kappa shape index (κ3) is 12.1. The van der Waals surface area contributed by atoms with Crippen LogP contribution in [0.4, 0.5) is 15.3 Å². The van der Waals surface area contributed by atoms with Gasteiger partial charge < -0.3 is 24.8 Å². The standard InChI is InChI=1S/C31H38N4O8/c1-20(36)35(34-29(40)43-31(5,6)7)24-11-9-10-22(18-24)13-12-21-14-16-23(17-15-21)26(37)33-25(27(38)41-8)19-32-28(39)42-30(2,3)4/h9-11,14-18,25H,19H2,1-8H3,(H,32,39)(H,33,37)(H,34,40)/t25-/m0/s1. The van der Waals surface area contributed by atoms with E-state index in [9.17, 15) is 24.0 Å². The van der Waals surface area contributed by atoms with E-state index in [0.29, 0.717) is 16.8 Å². The number of hydrogen-bond acceptors (Lipinski definition) is 8. The number of amides is 4. The lowest BCUT2D eigenvalue weighted by Crippen LogP contribution is -2.49. The third-order valence-corrected chi connectivity index (χ3v) is 5.16. The van der Waals surface area contributed by atoms with Crippen molar-refractivity contribution in [3.8, 4) is 11.8 Å². The minimum atomic E-state index is -1.14. The first-order chi connectivity index (χ1) is 20.0. The third-order valence-electron chi connectivity index (χ3n) is 5.16. The fraction of sp³-hybridized carbons (Fsp3) is 0.387. The van der Waals surface area contributed by atoms with Gasteiger partial charge in [-0.05, 0) is 84.0 Å². The highest BCUT2D eigenvalue weighted by Crippen LogP contribution is 2.16. The Labute approximate surface area is 251 Å². The Bertz CT molecular complexity index is 1400. The number of anilines is 1. The van der Waals surface area contributed by atoms with E-state index >= 15 is 0 Å². The normalized spacial score (nSPS) is 11.5. The zero-order valence-corrected chi connectivity index (χ0v) is 25.6. The highest BCUT2D eigenvalue weighted by molar-refractivity contribution is 5.97. The monoisotopic (exact) mass is 594 g/mol. The van der Waals surface area contributed by atoms with Crippen molar-refractivity contribution in [1.29, 1.82) is 0 Å². The van der Waals surface area contributed by atoms with Crippen LogP contribution in [0.1, 0.15) is 70.0 Å². The Kier molecular flexibility index (Phi) is 11.7. The number of rotatable bonds is 6. The number of nitrogens with zero attached hydrogens (tertiary/aromatic N) is 1. The summed E-state index contributed by atoms with van der Waals surface area (Å²) in [4.78, 5) is 61.3. The summed E-state index contributed by atoms with van der Waals surface area (Å²) < 4.78 is 15.1. The molecular weight excluding hydrogens is 556 g/mol. The van der Waals surface area contributed by atoms with E-state index in [-0.39, 0.29) is 12.1 Å². The van der Waals surface area contributed by atoms with Gasteiger partial charge in [0.25, 0.3) is 5.91 Å². The molecule has 230 valence electrons. The summed E-state index contributed by atoms with van der Waals surface area (Å²) in [5, 5.41) is 6.05. The number of benzene rings is 2. The van der Waals surface area contributed by atoms with E-state index in [1.54, 1.807) is 77.9 Å². The van der Waals surface area contributed by atoms with Crippen LogP contribution in [-0.4, -0.2) is 60.9 Å². The van der Waals surface area contributed by atoms with E-state index in [0.717, 1.165) is 5.01 Å². The predicted molar refractivity (Wildman–Crippen MR) is 159 cm³/mol. The maximum absolute atomic E-state index is 12.8. The van der Waals surface area contributed by atoms with Crippen LogP contribution in [0.3, 0.4) is 0 Å². The van der Waals surface area contributed by atoms with Crippen molar-refractivity contribution >= 4 is 35.7 Å². The van der Waals surface area contributed by atoms with Crippen LogP contribution in [0.15, 0.2) is 48.5 Å². The zero-order valence-electron chi connectivity index (χ0n) is 25.6. The van der Waals surface area contributed by atoms with Gasteiger partial charge in [0.05, 0.1) is 19.3 Å². The van der Waals surface area contributed by atoms with Gasteiger partial charge in [-0.15, -0.1) is 0 Å². The molecular formula is C31H38N4O8. The SMILES string of the molecule is COC(=O)[C@H](CNC(=O)OC(C)(C)C)NC(=O)c1ccc(C#Cc2cccc(N(NC(=O)OC(C)(C)C)C(C)=O)c2)cc1. The second-order valence-corrected chi connectivity index (χ2v) is 11.3. The number of nitrogens with one attached hydrogen (secondary N) is 3. The number of hydrogen-bond donors (Lipinski definition) is 3. The quantitative estimate of drug-likeness (QED) is 0.198. The molecule has 0 saturated heterocycles. The summed E-state index contributed by atoms with van der Waals surface area (Å²) in [5.41, 5.74) is 2.77. The second kappa shape index (κ2) is 14.7. The Morgan fingerprint density at radius 3 is 1.98 bits per heavy atom. The van der Waals surface area contributed by atoms with Crippen LogP contribution < -0.4 is 21.1 Å². The lowest BCUT2D eigenvalue weighted by molar-refractivity contribution is -0.142. The van der Waals surface area contributed by atoms with Gasteiger partial charge in [0.15, 0.2) is 0 Å². The maximum Gasteiger partial charge on any atom is 0.427 e. The fourth-order valence-electron chi connectivity index (χ4n) is 3.37. The largest absolute Gasteiger partial charge is 0.467 e. The van der Waals surface area contributed by atoms with Crippen molar-refractivity contribution in [3.63, 3.8) is 0 Å². The van der Waals surface area contributed by atoms with Crippen molar-refractivity contribution in [3.05, 3.63) is 65.2 Å². The molecule has 0 saturated carbocycles. The first kappa shape index (κ1) is 34.2. The highest BCUT2D eigenvalue weighted by atomic mass is 16.6. The van der Waals surface area contributed by atoms with Crippen molar-refractivity contribution in [2.45, 2.75) is 65.7 Å². The van der Waals surface area contributed by atoms with Crippen LogP contribution in [0.2, 0.25) is 0 Å². The molecule has 3 N–H and O–H groups in total. The lowest BCUT2D eigenvalue weighted by Gasteiger charge is -2.25. The summed E-state index contributed by atoms with van der Waals surface area (Å²) in [6.45, 7) is 11.3. The number of carbonyl (C=O) groups excluding carboxylic acids is 5. The van der Waals surface area contributed by atoms with Gasteiger partial charge in [-0.25, -0.2) is 24.8 Å². The van der Waals surface area contributed by atoms with Crippen LogP contribution in [0, 0.1) is 11.8 Å². The van der Waals surface area contributed by atoms with Gasteiger partial charge in [0.2, 0.25) is 5.91 Å². The summed E-state index contributed by atoms with van der Waals surface area (Å²) in [6, 6.07) is 11.9. The first-order valence-electron chi connectivity index (χ1n) is 13.4. The Morgan fingerprint density at radius 1 is 0.837 bits per heavy atom. The number of esters is 1. The van der Waals surface area contributed by atoms with Crippen LogP contribution in [-0.2, 0) is 23.8 Å². The number of ether oxygens (including phenoxy) is 3. The number of hydrazine groups is 1. The fourth-order valence-corrected chi connectivity index (χ4v) is 3.37. The molecule has 0 aromatic heterocycles. The minimum absolute atomic E-state index is 0.232. The summed E-state index contributed by atoms with van der Waals surface area (Å²) >= 11 is 0. The van der Waals surface area contributed by atoms with Crippen molar-refractivity contribution in [1.82, 2.24) is 16.1 Å². The molecule has 0 radical (unpaired) electrons. The molecule has 2 aromatic carbocycles. The first-order valence-corrected chi connectivity index (χ1v) is 13.4. The molecule has 2 aromatic rings. The van der Waals surface area contributed by atoms with Gasteiger partial charge in [-0.3, -0.25) is 9.59 Å². The van der Waals surface area contributed by atoms with E-state index < -0.39 is 47.2 Å². The van der Waals surface area contributed by atoms with Crippen LogP contribution in [0.5, 0.6) is 0 Å². The smallest absolute Gasteiger partial charge is 0.427 e. The molecule has 0 spiro atoms. The highest BCUT2D eigenvalue weighted by Gasteiger charge is 2.25. The molecule has 4 amide bonds. The molecule has 2 rings (SSSR count). The van der Waals surface area contributed by atoms with Gasteiger partial charge in [-0.1, -0.05) is 17.9 Å². The average Bonchev–Trinajstić information content (AvgIpc) is 2.90. The second-order valence-electron chi connectivity index (χ2n) is 11.3. The van der Waals surface area contributed by atoms with Crippen LogP contribution >= 0.6 is 0 Å². The molecule has 0 aliphatic rings. The van der Waals surface area contributed by atoms with E-state index in [4.69, 9.17) is 14.2 Å².